The van der Waals surface area contributed by atoms with Gasteiger partial charge in [-0.1, -0.05) is 31.1 Å². The molecular weight excluding hydrogens is 296 g/mol. The number of hydrogen-bond acceptors (Lipinski definition) is 5. The molecule has 0 saturated heterocycles. The van der Waals surface area contributed by atoms with Crippen molar-refractivity contribution in [3.8, 4) is 11.5 Å². The van der Waals surface area contributed by atoms with Crippen molar-refractivity contribution >= 4 is 5.91 Å². The Bertz CT molecular complexity index is 692. The minimum atomic E-state index is -0.211. The van der Waals surface area contributed by atoms with Gasteiger partial charge in [-0.25, -0.2) is 0 Å². The number of aromatic nitrogens is 1. The average Bonchev–Trinajstić information content (AvgIpc) is 2.93. The third-order valence-corrected chi connectivity index (χ3v) is 3.56. The van der Waals surface area contributed by atoms with E-state index in [0.717, 1.165) is 5.56 Å². The van der Waals surface area contributed by atoms with Gasteiger partial charge >= 0.3 is 0 Å². The molecule has 0 atom stereocenters. The van der Waals surface area contributed by atoms with Crippen LogP contribution in [0.1, 0.15) is 47.1 Å². The largest absolute Gasteiger partial charge is 0.493 e. The van der Waals surface area contributed by atoms with Crippen LogP contribution < -0.4 is 14.8 Å². The van der Waals surface area contributed by atoms with Crippen molar-refractivity contribution in [3.63, 3.8) is 0 Å². The van der Waals surface area contributed by atoms with E-state index in [1.165, 1.54) is 0 Å². The Balaban J connectivity index is 2.19. The van der Waals surface area contributed by atoms with E-state index in [9.17, 15) is 4.79 Å². The summed E-state index contributed by atoms with van der Waals surface area (Å²) in [5, 5.41) is 6.78. The highest BCUT2D eigenvalue weighted by Gasteiger charge is 2.22. The molecule has 1 heterocycles. The van der Waals surface area contributed by atoms with E-state index in [1.54, 1.807) is 21.1 Å². The highest BCUT2D eigenvalue weighted by atomic mass is 16.5. The van der Waals surface area contributed by atoms with Crippen LogP contribution in [-0.4, -0.2) is 25.3 Å². The summed E-state index contributed by atoms with van der Waals surface area (Å²) in [5.41, 5.74) is 1.92. The molecule has 0 aliphatic rings. The second-order valence-electron chi connectivity index (χ2n) is 5.50. The lowest BCUT2D eigenvalue weighted by Gasteiger charge is -2.13. The minimum Gasteiger partial charge on any atom is -0.493 e. The summed E-state index contributed by atoms with van der Waals surface area (Å²) in [7, 11) is 3.15. The summed E-state index contributed by atoms with van der Waals surface area (Å²) in [4.78, 5) is 12.5. The van der Waals surface area contributed by atoms with Crippen molar-refractivity contribution in [1.82, 2.24) is 10.5 Å². The maximum Gasteiger partial charge on any atom is 0.257 e. The number of para-hydroxylation sites is 1. The Morgan fingerprint density at radius 1 is 1.30 bits per heavy atom. The third-order valence-electron chi connectivity index (χ3n) is 3.56. The first kappa shape index (κ1) is 16.9. The molecule has 0 spiro atoms. The first-order valence-electron chi connectivity index (χ1n) is 7.43. The molecule has 0 unspecified atom stereocenters. The normalized spacial score (nSPS) is 10.7. The number of aryl methyl sites for hydroxylation is 1. The van der Waals surface area contributed by atoms with Gasteiger partial charge in [-0.05, 0) is 13.0 Å². The van der Waals surface area contributed by atoms with Crippen molar-refractivity contribution < 1.29 is 18.8 Å². The number of rotatable bonds is 6. The number of amides is 1. The smallest absolute Gasteiger partial charge is 0.257 e. The van der Waals surface area contributed by atoms with Crippen LogP contribution in [0.25, 0.3) is 0 Å². The van der Waals surface area contributed by atoms with Crippen molar-refractivity contribution in [1.29, 1.82) is 0 Å². The van der Waals surface area contributed by atoms with Crippen molar-refractivity contribution in [2.24, 2.45) is 0 Å². The van der Waals surface area contributed by atoms with Crippen LogP contribution in [0.3, 0.4) is 0 Å². The van der Waals surface area contributed by atoms with E-state index >= 15 is 0 Å². The summed E-state index contributed by atoms with van der Waals surface area (Å²) in [6.45, 7) is 6.00. The first-order chi connectivity index (χ1) is 11.0. The van der Waals surface area contributed by atoms with Gasteiger partial charge in [-0.2, -0.15) is 0 Å². The fourth-order valence-corrected chi connectivity index (χ4v) is 2.41. The number of carbonyl (C=O) groups excluding carboxylic acids is 1. The molecule has 1 amide bonds. The highest BCUT2D eigenvalue weighted by molar-refractivity contribution is 5.96. The van der Waals surface area contributed by atoms with Gasteiger partial charge < -0.3 is 19.3 Å². The molecule has 0 saturated carbocycles. The highest BCUT2D eigenvalue weighted by Crippen LogP contribution is 2.30. The van der Waals surface area contributed by atoms with E-state index in [1.807, 2.05) is 32.0 Å². The molecule has 124 valence electrons. The van der Waals surface area contributed by atoms with Gasteiger partial charge in [0.25, 0.3) is 5.91 Å². The predicted molar refractivity (Wildman–Crippen MR) is 86.0 cm³/mol. The molecule has 1 N–H and O–H groups in total. The standard InChI is InChI=1S/C17H22N2O4/c1-10(2)15-14(11(3)19-23-15)17(20)18-9-12-7-6-8-13(21-4)16(12)22-5/h6-8,10H,9H2,1-5H3,(H,18,20). The van der Waals surface area contributed by atoms with E-state index in [-0.39, 0.29) is 11.8 Å². The van der Waals surface area contributed by atoms with Crippen LogP contribution in [0.2, 0.25) is 0 Å². The Hall–Kier alpha value is -2.50. The van der Waals surface area contributed by atoms with Gasteiger partial charge in [0.15, 0.2) is 17.3 Å². The zero-order chi connectivity index (χ0) is 17.0. The third kappa shape index (κ3) is 3.47. The predicted octanol–water partition coefficient (Wildman–Crippen LogP) is 3.05. The van der Waals surface area contributed by atoms with Crippen molar-refractivity contribution in [3.05, 3.63) is 40.8 Å². The second kappa shape index (κ2) is 7.17. The Kier molecular flexibility index (Phi) is 5.26. The molecule has 6 heteroatoms. The van der Waals surface area contributed by atoms with Gasteiger partial charge in [0.05, 0.1) is 19.9 Å². The van der Waals surface area contributed by atoms with Crippen LogP contribution in [0, 0.1) is 6.92 Å². The first-order valence-corrected chi connectivity index (χ1v) is 7.43. The average molecular weight is 318 g/mol. The molecule has 2 aromatic rings. The van der Waals surface area contributed by atoms with Gasteiger partial charge in [0.1, 0.15) is 5.56 Å². The Labute approximate surface area is 135 Å². The number of hydrogen-bond donors (Lipinski definition) is 1. The molecule has 23 heavy (non-hydrogen) atoms. The fourth-order valence-electron chi connectivity index (χ4n) is 2.41. The van der Waals surface area contributed by atoms with Gasteiger partial charge in [0, 0.05) is 18.0 Å². The quantitative estimate of drug-likeness (QED) is 0.886. The molecular formula is C17H22N2O4. The summed E-state index contributed by atoms with van der Waals surface area (Å²) in [5.74, 6) is 1.71. The van der Waals surface area contributed by atoms with E-state index in [2.05, 4.69) is 10.5 Å². The van der Waals surface area contributed by atoms with Crippen LogP contribution in [-0.2, 0) is 6.54 Å². The number of nitrogens with zero attached hydrogens (tertiary/aromatic N) is 1. The summed E-state index contributed by atoms with van der Waals surface area (Å²) >= 11 is 0. The molecule has 2 rings (SSSR count). The molecule has 0 aliphatic carbocycles. The summed E-state index contributed by atoms with van der Waals surface area (Å²) in [6, 6.07) is 5.55. The lowest BCUT2D eigenvalue weighted by atomic mass is 10.0. The van der Waals surface area contributed by atoms with Gasteiger partial charge in [0.2, 0.25) is 0 Å². The maximum absolute atomic E-state index is 12.5. The monoisotopic (exact) mass is 318 g/mol. The molecule has 6 nitrogen and oxygen atoms in total. The number of nitrogens with one attached hydrogen (secondary N) is 1. The minimum absolute atomic E-state index is 0.0864. The van der Waals surface area contributed by atoms with Crippen molar-refractivity contribution in [2.75, 3.05) is 14.2 Å². The molecule has 1 aromatic carbocycles. The van der Waals surface area contributed by atoms with E-state index in [4.69, 9.17) is 14.0 Å². The number of methoxy groups -OCH3 is 2. The van der Waals surface area contributed by atoms with Crippen LogP contribution >= 0.6 is 0 Å². The van der Waals surface area contributed by atoms with E-state index in [0.29, 0.717) is 35.1 Å². The molecule has 0 radical (unpaired) electrons. The SMILES string of the molecule is COc1cccc(CNC(=O)c2c(C)noc2C(C)C)c1OC. The van der Waals surface area contributed by atoms with Crippen LogP contribution in [0.5, 0.6) is 11.5 Å². The number of ether oxygens (including phenoxy) is 2. The van der Waals surface area contributed by atoms with Crippen molar-refractivity contribution in [2.45, 2.75) is 33.2 Å². The summed E-state index contributed by atoms with van der Waals surface area (Å²) < 4.78 is 15.9. The Morgan fingerprint density at radius 2 is 2.04 bits per heavy atom. The van der Waals surface area contributed by atoms with Gasteiger partial charge in [-0.3, -0.25) is 4.79 Å². The fraction of sp³-hybridized carbons (Fsp3) is 0.412. The van der Waals surface area contributed by atoms with E-state index < -0.39 is 0 Å². The topological polar surface area (TPSA) is 73.6 Å². The lowest BCUT2D eigenvalue weighted by molar-refractivity contribution is 0.0947. The summed E-state index contributed by atoms with van der Waals surface area (Å²) in [6.07, 6.45) is 0. The zero-order valence-corrected chi connectivity index (χ0v) is 14.1. The molecule has 0 bridgehead atoms. The Morgan fingerprint density at radius 3 is 2.65 bits per heavy atom. The number of carbonyl (C=O) groups is 1. The molecule has 0 fully saturated rings. The van der Waals surface area contributed by atoms with Crippen LogP contribution in [0.4, 0.5) is 0 Å². The zero-order valence-electron chi connectivity index (χ0n) is 14.1. The second-order valence-corrected chi connectivity index (χ2v) is 5.50. The molecule has 0 aliphatic heterocycles. The molecule has 1 aromatic heterocycles. The van der Waals surface area contributed by atoms with Gasteiger partial charge in [-0.15, -0.1) is 0 Å². The maximum atomic E-state index is 12.5. The lowest BCUT2D eigenvalue weighted by Crippen LogP contribution is -2.24. The van der Waals surface area contributed by atoms with Crippen LogP contribution in [0.15, 0.2) is 22.7 Å². The number of benzene rings is 1.